The van der Waals surface area contributed by atoms with E-state index in [2.05, 4.69) is 0 Å². The molecule has 1 aromatic rings. The van der Waals surface area contributed by atoms with Crippen LogP contribution in [0.15, 0.2) is 18.2 Å². The highest BCUT2D eigenvalue weighted by molar-refractivity contribution is 6.42. The number of rotatable bonds is 3. The SMILES string of the molecule is CC(N)(C(=O)Cc1ccc(Cl)c(Cl)c1)C(F)(F)F. The van der Waals surface area contributed by atoms with Crippen molar-refractivity contribution in [3.05, 3.63) is 33.8 Å². The molecule has 0 heterocycles. The summed E-state index contributed by atoms with van der Waals surface area (Å²) < 4.78 is 37.6. The molecule has 2 N–H and O–H groups in total. The molecule has 0 bridgehead atoms. The third-order valence-electron chi connectivity index (χ3n) is 2.52. The molecule has 1 rings (SSSR count). The van der Waals surface area contributed by atoms with E-state index in [9.17, 15) is 18.0 Å². The standard InChI is InChI=1S/C11H10Cl2F3NO/c1-10(17,11(14,15)16)9(18)5-6-2-3-7(12)8(13)4-6/h2-4H,5,17H2,1H3. The summed E-state index contributed by atoms with van der Waals surface area (Å²) in [6, 6.07) is 4.18. The van der Waals surface area contributed by atoms with Crippen LogP contribution < -0.4 is 5.73 Å². The predicted octanol–water partition coefficient (Wildman–Crippen LogP) is 3.38. The third-order valence-corrected chi connectivity index (χ3v) is 3.26. The van der Waals surface area contributed by atoms with Gasteiger partial charge in [-0.15, -0.1) is 0 Å². The summed E-state index contributed by atoms with van der Waals surface area (Å²) in [7, 11) is 0. The van der Waals surface area contributed by atoms with Gasteiger partial charge in [-0.1, -0.05) is 29.3 Å². The van der Waals surface area contributed by atoms with E-state index in [1.807, 2.05) is 0 Å². The van der Waals surface area contributed by atoms with E-state index in [1.54, 1.807) is 0 Å². The maximum absolute atomic E-state index is 12.5. The van der Waals surface area contributed by atoms with E-state index < -0.39 is 23.9 Å². The van der Waals surface area contributed by atoms with E-state index in [1.165, 1.54) is 18.2 Å². The van der Waals surface area contributed by atoms with Crippen molar-refractivity contribution < 1.29 is 18.0 Å². The zero-order chi connectivity index (χ0) is 14.1. The second-order valence-electron chi connectivity index (χ2n) is 4.05. The highest BCUT2D eigenvalue weighted by Crippen LogP contribution is 2.30. The molecular weight excluding hydrogens is 290 g/mol. The monoisotopic (exact) mass is 299 g/mol. The van der Waals surface area contributed by atoms with Gasteiger partial charge in [0, 0.05) is 6.42 Å². The third kappa shape index (κ3) is 3.16. The van der Waals surface area contributed by atoms with Crippen LogP contribution in [0.3, 0.4) is 0 Å². The summed E-state index contributed by atoms with van der Waals surface area (Å²) in [5, 5.41) is 0.437. The molecular formula is C11H10Cl2F3NO. The topological polar surface area (TPSA) is 43.1 Å². The number of alkyl halides is 3. The number of Topliss-reactive ketones (excluding diaryl/α,β-unsaturated/α-hetero) is 1. The van der Waals surface area contributed by atoms with Crippen molar-refractivity contribution in [3.63, 3.8) is 0 Å². The van der Waals surface area contributed by atoms with E-state index in [0.717, 1.165) is 0 Å². The lowest BCUT2D eigenvalue weighted by atomic mass is 9.92. The molecule has 0 spiro atoms. The molecule has 1 unspecified atom stereocenters. The second kappa shape index (κ2) is 5.07. The molecule has 0 aromatic heterocycles. The molecule has 0 saturated carbocycles. The average molecular weight is 300 g/mol. The number of carbonyl (C=O) groups excluding carboxylic acids is 1. The van der Waals surface area contributed by atoms with E-state index in [0.29, 0.717) is 12.5 Å². The number of benzene rings is 1. The first kappa shape index (κ1) is 15.3. The van der Waals surface area contributed by atoms with Crippen LogP contribution in [-0.4, -0.2) is 17.5 Å². The zero-order valence-electron chi connectivity index (χ0n) is 9.31. The Balaban J connectivity index is 2.91. The molecule has 0 aliphatic carbocycles. The molecule has 0 fully saturated rings. The van der Waals surface area contributed by atoms with Crippen LogP contribution in [0.5, 0.6) is 0 Å². The van der Waals surface area contributed by atoms with Gasteiger partial charge in [0.1, 0.15) is 0 Å². The molecule has 2 nitrogen and oxygen atoms in total. The van der Waals surface area contributed by atoms with Crippen molar-refractivity contribution in [2.45, 2.75) is 25.1 Å². The van der Waals surface area contributed by atoms with Gasteiger partial charge in [-0.3, -0.25) is 4.79 Å². The number of carbonyl (C=O) groups is 1. The van der Waals surface area contributed by atoms with Gasteiger partial charge in [0.2, 0.25) is 0 Å². The summed E-state index contributed by atoms with van der Waals surface area (Å²) in [5.41, 5.74) is 2.47. The van der Waals surface area contributed by atoms with Gasteiger partial charge in [0.25, 0.3) is 0 Å². The van der Waals surface area contributed by atoms with Crippen molar-refractivity contribution in [1.82, 2.24) is 0 Å². The molecule has 1 aromatic carbocycles. The highest BCUT2D eigenvalue weighted by Gasteiger charge is 2.53. The molecule has 100 valence electrons. The number of nitrogens with two attached hydrogens (primary N) is 1. The van der Waals surface area contributed by atoms with Gasteiger partial charge in [-0.05, 0) is 24.6 Å². The van der Waals surface area contributed by atoms with Gasteiger partial charge < -0.3 is 5.73 Å². The Bertz CT molecular complexity index is 472. The lowest BCUT2D eigenvalue weighted by Gasteiger charge is -2.25. The second-order valence-corrected chi connectivity index (χ2v) is 4.86. The van der Waals surface area contributed by atoms with Gasteiger partial charge in [-0.2, -0.15) is 13.2 Å². The van der Waals surface area contributed by atoms with E-state index >= 15 is 0 Å². The number of ketones is 1. The van der Waals surface area contributed by atoms with Crippen LogP contribution in [0.25, 0.3) is 0 Å². The van der Waals surface area contributed by atoms with Gasteiger partial charge in [0.15, 0.2) is 11.3 Å². The zero-order valence-corrected chi connectivity index (χ0v) is 10.8. The fourth-order valence-corrected chi connectivity index (χ4v) is 1.50. The van der Waals surface area contributed by atoms with Crippen molar-refractivity contribution in [2.75, 3.05) is 0 Å². The first-order valence-electron chi connectivity index (χ1n) is 4.88. The first-order chi connectivity index (χ1) is 8.05. The van der Waals surface area contributed by atoms with Crippen LogP contribution in [-0.2, 0) is 11.2 Å². The van der Waals surface area contributed by atoms with Crippen molar-refractivity contribution in [2.24, 2.45) is 5.73 Å². The normalized spacial score (nSPS) is 15.3. The lowest BCUT2D eigenvalue weighted by Crippen LogP contribution is -2.57. The predicted molar refractivity (Wildman–Crippen MR) is 63.8 cm³/mol. The Morgan fingerprint density at radius 1 is 1.28 bits per heavy atom. The van der Waals surface area contributed by atoms with Crippen molar-refractivity contribution in [3.8, 4) is 0 Å². The Morgan fingerprint density at radius 2 is 1.83 bits per heavy atom. The summed E-state index contributed by atoms with van der Waals surface area (Å²) in [6.07, 6.45) is -5.25. The minimum atomic E-state index is -4.79. The first-order valence-corrected chi connectivity index (χ1v) is 5.64. The summed E-state index contributed by atoms with van der Waals surface area (Å²) in [6.45, 7) is 0.646. The van der Waals surface area contributed by atoms with Crippen LogP contribution in [0.2, 0.25) is 10.0 Å². The van der Waals surface area contributed by atoms with Crippen molar-refractivity contribution >= 4 is 29.0 Å². The summed E-state index contributed by atoms with van der Waals surface area (Å²) in [4.78, 5) is 11.6. The van der Waals surface area contributed by atoms with E-state index in [-0.39, 0.29) is 10.0 Å². The number of hydrogen-bond acceptors (Lipinski definition) is 2. The Labute approximate surface area is 112 Å². The summed E-state index contributed by atoms with van der Waals surface area (Å²) >= 11 is 11.4. The van der Waals surface area contributed by atoms with Crippen molar-refractivity contribution in [1.29, 1.82) is 0 Å². The Hall–Kier alpha value is -0.780. The van der Waals surface area contributed by atoms with Crippen LogP contribution >= 0.6 is 23.2 Å². The van der Waals surface area contributed by atoms with E-state index in [4.69, 9.17) is 28.9 Å². The molecule has 1 atom stereocenters. The Morgan fingerprint density at radius 3 is 2.28 bits per heavy atom. The van der Waals surface area contributed by atoms with Gasteiger partial charge in [-0.25, -0.2) is 0 Å². The molecule has 0 aliphatic heterocycles. The molecule has 0 amide bonds. The minimum absolute atomic E-state index is 0.174. The van der Waals surface area contributed by atoms with Crippen LogP contribution in [0.1, 0.15) is 12.5 Å². The molecule has 18 heavy (non-hydrogen) atoms. The number of halogens is 5. The largest absolute Gasteiger partial charge is 0.413 e. The smallest absolute Gasteiger partial charge is 0.312 e. The quantitative estimate of drug-likeness (QED) is 0.930. The van der Waals surface area contributed by atoms with Gasteiger partial charge in [0.05, 0.1) is 10.0 Å². The average Bonchev–Trinajstić information content (AvgIpc) is 2.21. The summed E-state index contributed by atoms with van der Waals surface area (Å²) in [5.74, 6) is -1.13. The fraction of sp³-hybridized carbons (Fsp3) is 0.364. The van der Waals surface area contributed by atoms with Crippen LogP contribution in [0.4, 0.5) is 13.2 Å². The fourth-order valence-electron chi connectivity index (χ4n) is 1.18. The molecule has 7 heteroatoms. The molecule has 0 aliphatic rings. The lowest BCUT2D eigenvalue weighted by molar-refractivity contribution is -0.185. The van der Waals surface area contributed by atoms with Crippen LogP contribution in [0, 0.1) is 0 Å². The number of hydrogen-bond donors (Lipinski definition) is 1. The Kier molecular flexibility index (Phi) is 4.30. The molecule has 0 radical (unpaired) electrons. The molecule has 0 saturated heterocycles. The van der Waals surface area contributed by atoms with Gasteiger partial charge >= 0.3 is 6.18 Å². The maximum atomic E-state index is 12.5. The minimum Gasteiger partial charge on any atom is -0.312 e. The maximum Gasteiger partial charge on any atom is 0.413 e. The highest BCUT2D eigenvalue weighted by atomic mass is 35.5.